The van der Waals surface area contributed by atoms with Crippen molar-refractivity contribution in [1.29, 1.82) is 0 Å². The second-order valence-corrected chi connectivity index (χ2v) is 8.65. The molecule has 0 saturated heterocycles. The molecule has 2 aromatic carbocycles. The van der Waals surface area contributed by atoms with Crippen molar-refractivity contribution < 1.29 is 15.0 Å². The van der Waals surface area contributed by atoms with Gasteiger partial charge in [-0.15, -0.1) is 0 Å². The molecule has 1 heterocycles. The molecule has 1 aliphatic rings. The molecule has 9 heteroatoms. The minimum atomic E-state index is -1.29. The van der Waals surface area contributed by atoms with E-state index in [9.17, 15) is 15.0 Å². The van der Waals surface area contributed by atoms with Gasteiger partial charge in [-0.05, 0) is 55.3 Å². The van der Waals surface area contributed by atoms with Gasteiger partial charge in [-0.1, -0.05) is 58.5 Å². The molecule has 2 aromatic rings. The number of aliphatic hydroxyl groups is 2. The zero-order valence-corrected chi connectivity index (χ0v) is 19.0. The van der Waals surface area contributed by atoms with Crippen LogP contribution in [0.4, 0.5) is 0 Å². The first-order chi connectivity index (χ1) is 14.2. The van der Waals surface area contributed by atoms with Crippen molar-refractivity contribution in [3.63, 3.8) is 0 Å². The molecule has 30 heavy (non-hydrogen) atoms. The lowest BCUT2D eigenvalue weighted by atomic mass is 9.99. The van der Waals surface area contributed by atoms with E-state index < -0.39 is 18.2 Å². The highest BCUT2D eigenvalue weighted by molar-refractivity contribution is 6.42. The number of aryl methyl sites for hydroxylation is 1. The maximum absolute atomic E-state index is 12.8. The van der Waals surface area contributed by atoms with E-state index in [1.54, 1.807) is 37.4 Å². The third-order valence-electron chi connectivity index (χ3n) is 5.00. The van der Waals surface area contributed by atoms with Gasteiger partial charge in [-0.25, -0.2) is 0 Å². The van der Waals surface area contributed by atoms with E-state index in [0.717, 1.165) is 5.56 Å². The fourth-order valence-electron chi connectivity index (χ4n) is 3.43. The third-order valence-corrected chi connectivity index (χ3v) is 6.48. The number of hydrogen-bond donors (Lipinski definition) is 3. The quantitative estimate of drug-likeness (QED) is 0.489. The number of hydrogen-bond acceptors (Lipinski definition) is 4. The predicted molar refractivity (Wildman–Crippen MR) is 120 cm³/mol. The van der Waals surface area contributed by atoms with E-state index in [2.05, 4.69) is 5.32 Å². The Balaban J connectivity index is 1.69. The Morgan fingerprint density at radius 3 is 2.30 bits per heavy atom. The first-order valence-corrected chi connectivity index (χ1v) is 10.7. The molecule has 0 bridgehead atoms. The van der Waals surface area contributed by atoms with Crippen molar-refractivity contribution in [2.24, 2.45) is 0 Å². The number of nitrogens with zero attached hydrogens (tertiary/aromatic N) is 1. The predicted octanol–water partition coefficient (Wildman–Crippen LogP) is 5.17. The molecule has 1 amide bonds. The minimum absolute atomic E-state index is 0.0814. The van der Waals surface area contributed by atoms with Crippen LogP contribution < -0.4 is 5.32 Å². The summed E-state index contributed by atoms with van der Waals surface area (Å²) in [4.78, 5) is 14.3. The van der Waals surface area contributed by atoms with Crippen LogP contribution in [0.5, 0.6) is 0 Å². The van der Waals surface area contributed by atoms with Gasteiger partial charge < -0.3 is 15.5 Å². The summed E-state index contributed by atoms with van der Waals surface area (Å²) in [5, 5.41) is 25.1. The fraction of sp³-hybridized carbons (Fsp3) is 0.286. The van der Waals surface area contributed by atoms with Gasteiger partial charge in [0.25, 0.3) is 5.91 Å². The van der Waals surface area contributed by atoms with Crippen molar-refractivity contribution in [2.45, 2.75) is 25.1 Å². The summed E-state index contributed by atoms with van der Waals surface area (Å²) >= 11 is 24.0. The number of nitrogens with one attached hydrogen (secondary N) is 1. The minimum Gasteiger partial charge on any atom is -0.507 e. The van der Waals surface area contributed by atoms with E-state index in [1.807, 2.05) is 6.07 Å². The number of carbonyl (C=O) groups excluding carboxylic acids is 1. The molecule has 160 valence electrons. The Morgan fingerprint density at radius 1 is 1.03 bits per heavy atom. The Bertz CT molecular complexity index is 996. The maximum Gasteiger partial charge on any atom is 0.252 e. The molecule has 0 fully saturated rings. The monoisotopic (exact) mass is 488 g/mol. The summed E-state index contributed by atoms with van der Waals surface area (Å²) in [5.74, 6) is -0.836. The Morgan fingerprint density at radius 2 is 1.67 bits per heavy atom. The van der Waals surface area contributed by atoms with E-state index in [4.69, 9.17) is 46.4 Å². The van der Waals surface area contributed by atoms with Crippen molar-refractivity contribution in [2.75, 3.05) is 13.6 Å². The van der Waals surface area contributed by atoms with Gasteiger partial charge in [-0.2, -0.15) is 0 Å². The Kier molecular flexibility index (Phi) is 7.56. The maximum atomic E-state index is 12.8. The molecular formula is C21H20Cl4N2O3. The second-order valence-electron chi connectivity index (χ2n) is 7.02. The lowest BCUT2D eigenvalue weighted by molar-refractivity contribution is -0.118. The van der Waals surface area contributed by atoms with Gasteiger partial charge in [0.1, 0.15) is 5.76 Å². The summed E-state index contributed by atoms with van der Waals surface area (Å²) in [5.41, 5.74) is 1.72. The smallest absolute Gasteiger partial charge is 0.252 e. The van der Waals surface area contributed by atoms with Crippen LogP contribution >= 0.6 is 46.4 Å². The molecule has 3 rings (SSSR count). The van der Waals surface area contributed by atoms with E-state index in [1.165, 1.54) is 4.90 Å². The molecule has 1 aliphatic heterocycles. The number of benzene rings is 2. The highest BCUT2D eigenvalue weighted by atomic mass is 35.5. The molecule has 2 unspecified atom stereocenters. The molecule has 0 radical (unpaired) electrons. The fourth-order valence-corrected chi connectivity index (χ4v) is 4.05. The number of aliphatic hydroxyl groups excluding tert-OH is 2. The zero-order valence-electron chi connectivity index (χ0n) is 16.0. The SMILES string of the molecule is CN1C(O)C(O)=C(C(=O)NCCCc2ccc(Cl)c(Cl)c2)C1c1ccc(Cl)c(Cl)c1. The topological polar surface area (TPSA) is 72.8 Å². The first-order valence-electron chi connectivity index (χ1n) is 9.20. The van der Waals surface area contributed by atoms with Gasteiger partial charge >= 0.3 is 0 Å². The first kappa shape index (κ1) is 23.2. The highest BCUT2D eigenvalue weighted by Gasteiger charge is 2.42. The lowest BCUT2D eigenvalue weighted by Crippen LogP contribution is -2.33. The largest absolute Gasteiger partial charge is 0.507 e. The van der Waals surface area contributed by atoms with Crippen LogP contribution in [0.1, 0.15) is 23.6 Å². The van der Waals surface area contributed by atoms with Crippen molar-refractivity contribution in [3.8, 4) is 0 Å². The normalized spacial score (nSPS) is 19.4. The van der Waals surface area contributed by atoms with Crippen molar-refractivity contribution in [3.05, 3.63) is 78.9 Å². The van der Waals surface area contributed by atoms with E-state index >= 15 is 0 Å². The number of rotatable bonds is 6. The van der Waals surface area contributed by atoms with Crippen LogP contribution in [0.3, 0.4) is 0 Å². The Labute approximate surface area is 194 Å². The van der Waals surface area contributed by atoms with Crippen LogP contribution in [0.25, 0.3) is 0 Å². The van der Waals surface area contributed by atoms with Gasteiger partial charge in [0.2, 0.25) is 0 Å². The van der Waals surface area contributed by atoms with Gasteiger partial charge in [-0.3, -0.25) is 9.69 Å². The zero-order chi connectivity index (χ0) is 22.0. The van der Waals surface area contributed by atoms with E-state index in [-0.39, 0.29) is 11.3 Å². The van der Waals surface area contributed by atoms with Gasteiger partial charge in [0.05, 0.1) is 31.7 Å². The number of carbonyl (C=O) groups is 1. The van der Waals surface area contributed by atoms with Crippen LogP contribution in [0, 0.1) is 0 Å². The molecule has 0 saturated carbocycles. The third kappa shape index (κ3) is 4.88. The standard InChI is InChI=1S/C21H20Cl4N2O3/c1-27-18(12-5-7-14(23)16(25)10-12)17(19(28)21(27)30)20(29)26-8-2-3-11-4-6-13(22)15(24)9-11/h4-7,9-10,18,21,28,30H,2-3,8H2,1H3,(H,26,29). The average molecular weight is 490 g/mol. The molecule has 3 N–H and O–H groups in total. The van der Waals surface area contributed by atoms with Gasteiger partial charge in [0, 0.05) is 6.54 Å². The van der Waals surface area contributed by atoms with E-state index in [0.29, 0.717) is 45.0 Å². The molecule has 0 spiro atoms. The summed E-state index contributed by atoms with van der Waals surface area (Å²) < 4.78 is 0. The molecule has 0 aliphatic carbocycles. The summed E-state index contributed by atoms with van der Waals surface area (Å²) in [6.45, 7) is 0.379. The van der Waals surface area contributed by atoms with Crippen molar-refractivity contribution in [1.82, 2.24) is 10.2 Å². The number of halogens is 4. The molecule has 2 atom stereocenters. The second kappa shape index (κ2) is 9.77. The molecular weight excluding hydrogens is 470 g/mol. The van der Waals surface area contributed by atoms with Gasteiger partial charge in [0.15, 0.2) is 6.23 Å². The summed E-state index contributed by atoms with van der Waals surface area (Å²) in [6, 6.07) is 9.69. The van der Waals surface area contributed by atoms with Crippen LogP contribution in [-0.4, -0.2) is 40.8 Å². The molecule has 5 nitrogen and oxygen atoms in total. The Hall–Kier alpha value is -1.47. The average Bonchev–Trinajstić information content (AvgIpc) is 2.94. The van der Waals surface area contributed by atoms with Crippen LogP contribution in [0.2, 0.25) is 20.1 Å². The van der Waals surface area contributed by atoms with Crippen LogP contribution in [0.15, 0.2) is 47.7 Å². The summed E-state index contributed by atoms with van der Waals surface area (Å²) in [6.07, 6.45) is 0.0653. The molecule has 0 aromatic heterocycles. The van der Waals surface area contributed by atoms with Crippen LogP contribution in [-0.2, 0) is 11.2 Å². The highest BCUT2D eigenvalue weighted by Crippen LogP contribution is 2.39. The summed E-state index contributed by atoms with van der Waals surface area (Å²) in [7, 11) is 1.61. The lowest BCUT2D eigenvalue weighted by Gasteiger charge is -2.25. The number of likely N-dealkylation sites (N-methyl/N-ethyl adjacent to an activating group) is 1. The van der Waals surface area contributed by atoms with Crippen molar-refractivity contribution >= 4 is 52.3 Å². The number of amides is 1.